The van der Waals surface area contributed by atoms with E-state index in [-0.39, 0.29) is 12.1 Å². The van der Waals surface area contributed by atoms with Crippen LogP contribution in [0.4, 0.5) is 13.2 Å². The summed E-state index contributed by atoms with van der Waals surface area (Å²) < 4.78 is 53.1. The molecule has 0 aromatic heterocycles. The third-order valence-electron chi connectivity index (χ3n) is 3.70. The molecule has 9 heteroatoms. The van der Waals surface area contributed by atoms with Crippen LogP contribution in [-0.4, -0.2) is 32.7 Å². The number of hydrogen-bond donors (Lipinski definition) is 1. The SMILES string of the molecule is COc1ccc(CNC(=O)COC(=O)c2cccc(C(F)(F)F)c2)cc1OC. The van der Waals surface area contributed by atoms with E-state index in [0.29, 0.717) is 17.6 Å². The van der Waals surface area contributed by atoms with Gasteiger partial charge in [-0.2, -0.15) is 13.2 Å². The van der Waals surface area contributed by atoms with Crippen LogP contribution in [0.1, 0.15) is 21.5 Å². The second kappa shape index (κ2) is 9.12. The average molecular weight is 397 g/mol. The molecule has 2 aromatic rings. The van der Waals surface area contributed by atoms with Crippen LogP contribution in [0.3, 0.4) is 0 Å². The molecule has 6 nitrogen and oxygen atoms in total. The molecule has 0 aliphatic carbocycles. The molecule has 150 valence electrons. The minimum atomic E-state index is -4.58. The van der Waals surface area contributed by atoms with Crippen LogP contribution >= 0.6 is 0 Å². The van der Waals surface area contributed by atoms with Gasteiger partial charge in [-0.3, -0.25) is 4.79 Å². The largest absolute Gasteiger partial charge is 0.493 e. The first-order chi connectivity index (χ1) is 13.2. The number of amides is 1. The number of halogens is 3. The highest BCUT2D eigenvalue weighted by Crippen LogP contribution is 2.29. The van der Waals surface area contributed by atoms with Crippen molar-refractivity contribution < 1.29 is 37.0 Å². The summed E-state index contributed by atoms with van der Waals surface area (Å²) in [5.74, 6) is -0.597. The summed E-state index contributed by atoms with van der Waals surface area (Å²) >= 11 is 0. The van der Waals surface area contributed by atoms with Crippen molar-refractivity contribution in [2.24, 2.45) is 0 Å². The quantitative estimate of drug-likeness (QED) is 0.727. The van der Waals surface area contributed by atoms with Crippen molar-refractivity contribution in [1.82, 2.24) is 5.32 Å². The lowest BCUT2D eigenvalue weighted by molar-refractivity contribution is -0.137. The van der Waals surface area contributed by atoms with E-state index in [1.54, 1.807) is 18.2 Å². The van der Waals surface area contributed by atoms with Crippen molar-refractivity contribution in [3.8, 4) is 11.5 Å². The molecule has 0 fully saturated rings. The Bertz CT molecular complexity index is 852. The van der Waals surface area contributed by atoms with Crippen LogP contribution in [0, 0.1) is 0 Å². The van der Waals surface area contributed by atoms with Gasteiger partial charge in [0.05, 0.1) is 25.3 Å². The van der Waals surface area contributed by atoms with Gasteiger partial charge in [0.2, 0.25) is 0 Å². The minimum absolute atomic E-state index is 0.139. The van der Waals surface area contributed by atoms with Crippen molar-refractivity contribution >= 4 is 11.9 Å². The summed E-state index contributed by atoms with van der Waals surface area (Å²) in [6.07, 6.45) is -4.58. The second-order valence-electron chi connectivity index (χ2n) is 5.62. The number of nitrogens with one attached hydrogen (secondary N) is 1. The Balaban J connectivity index is 1.88. The van der Waals surface area contributed by atoms with E-state index in [4.69, 9.17) is 14.2 Å². The Morgan fingerprint density at radius 3 is 2.36 bits per heavy atom. The van der Waals surface area contributed by atoms with Crippen LogP contribution in [0.5, 0.6) is 11.5 Å². The Hall–Kier alpha value is -3.23. The zero-order chi connectivity index (χ0) is 20.7. The fourth-order valence-corrected chi connectivity index (χ4v) is 2.28. The first kappa shape index (κ1) is 21.1. The van der Waals surface area contributed by atoms with Crippen molar-refractivity contribution in [3.05, 3.63) is 59.2 Å². The maximum atomic E-state index is 12.7. The fraction of sp³-hybridized carbons (Fsp3) is 0.263. The number of methoxy groups -OCH3 is 2. The van der Waals surface area contributed by atoms with Crippen molar-refractivity contribution in [1.29, 1.82) is 0 Å². The summed E-state index contributed by atoms with van der Waals surface area (Å²) in [6.45, 7) is -0.483. The molecular formula is C19H18F3NO5. The molecule has 0 saturated carbocycles. The predicted octanol–water partition coefficient (Wildman–Crippen LogP) is 3.20. The van der Waals surface area contributed by atoms with E-state index in [2.05, 4.69) is 5.32 Å². The van der Waals surface area contributed by atoms with Crippen LogP contribution in [0.25, 0.3) is 0 Å². The molecule has 0 aliphatic rings. The second-order valence-corrected chi connectivity index (χ2v) is 5.62. The van der Waals surface area contributed by atoms with Crippen molar-refractivity contribution in [2.45, 2.75) is 12.7 Å². The molecule has 2 rings (SSSR count). The maximum Gasteiger partial charge on any atom is 0.416 e. The molecule has 0 unspecified atom stereocenters. The molecule has 0 bridgehead atoms. The Morgan fingerprint density at radius 2 is 1.71 bits per heavy atom. The number of carbonyl (C=O) groups is 2. The maximum absolute atomic E-state index is 12.7. The zero-order valence-corrected chi connectivity index (χ0v) is 15.1. The van der Waals surface area contributed by atoms with Crippen LogP contribution < -0.4 is 14.8 Å². The van der Waals surface area contributed by atoms with Gasteiger partial charge in [0, 0.05) is 6.54 Å². The van der Waals surface area contributed by atoms with E-state index in [9.17, 15) is 22.8 Å². The predicted molar refractivity (Wildman–Crippen MR) is 93.1 cm³/mol. The number of alkyl halides is 3. The molecular weight excluding hydrogens is 379 g/mol. The topological polar surface area (TPSA) is 73.9 Å². The lowest BCUT2D eigenvalue weighted by atomic mass is 10.1. The van der Waals surface area contributed by atoms with Gasteiger partial charge in [0.1, 0.15) is 0 Å². The normalized spacial score (nSPS) is 10.9. The lowest BCUT2D eigenvalue weighted by Crippen LogP contribution is -2.28. The van der Waals surface area contributed by atoms with Gasteiger partial charge in [-0.1, -0.05) is 12.1 Å². The Kier molecular flexibility index (Phi) is 6.86. The van der Waals surface area contributed by atoms with Gasteiger partial charge in [-0.05, 0) is 35.9 Å². The lowest BCUT2D eigenvalue weighted by Gasteiger charge is -2.11. The molecule has 28 heavy (non-hydrogen) atoms. The average Bonchev–Trinajstić information content (AvgIpc) is 2.69. The summed E-state index contributed by atoms with van der Waals surface area (Å²) in [4.78, 5) is 23.7. The highest BCUT2D eigenvalue weighted by molar-refractivity contribution is 5.91. The Labute approximate surface area is 159 Å². The third kappa shape index (κ3) is 5.63. The van der Waals surface area contributed by atoms with Gasteiger partial charge in [-0.15, -0.1) is 0 Å². The number of esters is 1. The molecule has 0 aliphatic heterocycles. The molecule has 1 N–H and O–H groups in total. The fourth-order valence-electron chi connectivity index (χ4n) is 2.28. The van der Waals surface area contributed by atoms with Crippen molar-refractivity contribution in [2.75, 3.05) is 20.8 Å². The first-order valence-electron chi connectivity index (χ1n) is 8.06. The van der Waals surface area contributed by atoms with E-state index in [0.717, 1.165) is 17.7 Å². The number of rotatable bonds is 7. The van der Waals surface area contributed by atoms with Gasteiger partial charge < -0.3 is 19.5 Å². The monoisotopic (exact) mass is 397 g/mol. The van der Waals surface area contributed by atoms with E-state index in [1.165, 1.54) is 20.3 Å². The van der Waals surface area contributed by atoms with Crippen molar-refractivity contribution in [3.63, 3.8) is 0 Å². The summed E-state index contributed by atoms with van der Waals surface area (Å²) in [5, 5.41) is 2.54. The highest BCUT2D eigenvalue weighted by atomic mass is 19.4. The van der Waals surface area contributed by atoms with Crippen LogP contribution in [-0.2, 0) is 22.3 Å². The zero-order valence-electron chi connectivity index (χ0n) is 15.1. The van der Waals surface area contributed by atoms with E-state index < -0.39 is 30.2 Å². The number of hydrogen-bond acceptors (Lipinski definition) is 5. The third-order valence-corrected chi connectivity index (χ3v) is 3.70. The standard InChI is InChI=1S/C19H18F3NO5/c1-26-15-7-6-12(8-16(15)27-2)10-23-17(24)11-28-18(25)13-4-3-5-14(9-13)19(20,21)22/h3-9H,10-11H2,1-2H3,(H,23,24). The summed E-state index contributed by atoms with van der Waals surface area (Å²) in [7, 11) is 2.98. The first-order valence-corrected chi connectivity index (χ1v) is 8.06. The van der Waals surface area contributed by atoms with Gasteiger partial charge in [0.15, 0.2) is 18.1 Å². The molecule has 1 amide bonds. The van der Waals surface area contributed by atoms with Gasteiger partial charge in [0.25, 0.3) is 5.91 Å². The summed E-state index contributed by atoms with van der Waals surface area (Å²) in [6, 6.07) is 8.85. The van der Waals surface area contributed by atoms with E-state index in [1.807, 2.05) is 0 Å². The smallest absolute Gasteiger partial charge is 0.416 e. The molecule has 0 atom stereocenters. The van der Waals surface area contributed by atoms with Gasteiger partial charge >= 0.3 is 12.1 Å². The minimum Gasteiger partial charge on any atom is -0.493 e. The number of carbonyl (C=O) groups excluding carboxylic acids is 2. The molecule has 2 aromatic carbocycles. The van der Waals surface area contributed by atoms with Gasteiger partial charge in [-0.25, -0.2) is 4.79 Å². The number of benzene rings is 2. The Morgan fingerprint density at radius 1 is 1.00 bits per heavy atom. The van der Waals surface area contributed by atoms with Crippen LogP contribution in [0.2, 0.25) is 0 Å². The molecule has 0 saturated heterocycles. The molecule has 0 heterocycles. The molecule has 0 radical (unpaired) electrons. The highest BCUT2D eigenvalue weighted by Gasteiger charge is 2.31. The number of ether oxygens (including phenoxy) is 3. The van der Waals surface area contributed by atoms with E-state index >= 15 is 0 Å². The summed E-state index contributed by atoms with van der Waals surface area (Å²) in [5.41, 5.74) is -0.544. The van der Waals surface area contributed by atoms with Crippen LogP contribution in [0.15, 0.2) is 42.5 Å². The molecule has 0 spiro atoms.